The molecule has 0 bridgehead atoms. The Bertz CT molecular complexity index is 483. The summed E-state index contributed by atoms with van der Waals surface area (Å²) in [7, 11) is 8.05. The first-order valence-corrected chi connectivity index (χ1v) is 8.37. The SMILES string of the molecule is C=CCCCN(C)C(=NC)NCCCc1ccc(N(C)C)cc1.I. The highest BCUT2D eigenvalue weighted by molar-refractivity contribution is 14.0. The van der Waals surface area contributed by atoms with Crippen LogP contribution < -0.4 is 10.2 Å². The molecule has 1 aromatic carbocycles. The van der Waals surface area contributed by atoms with E-state index in [0.29, 0.717) is 0 Å². The number of hydrogen-bond acceptors (Lipinski definition) is 2. The number of halogens is 1. The van der Waals surface area contributed by atoms with Gasteiger partial charge in [-0.1, -0.05) is 18.2 Å². The Hall–Kier alpha value is -1.24. The minimum Gasteiger partial charge on any atom is -0.378 e. The fourth-order valence-electron chi connectivity index (χ4n) is 2.42. The Labute approximate surface area is 165 Å². The van der Waals surface area contributed by atoms with Crippen LogP contribution in [-0.4, -0.2) is 52.1 Å². The van der Waals surface area contributed by atoms with Gasteiger partial charge in [0.05, 0.1) is 0 Å². The molecule has 0 heterocycles. The zero-order chi connectivity index (χ0) is 17.1. The standard InChI is InChI=1S/C19H32N4.HI/c1-6-7-8-16-23(5)19(20-2)21-15-9-10-17-11-13-18(14-12-17)22(3)4;/h6,11-14H,1,7-10,15-16H2,2-5H3,(H,20,21);1H. The number of nitrogens with zero attached hydrogens (tertiary/aromatic N) is 3. The number of unbranched alkanes of at least 4 members (excludes halogenated alkanes) is 1. The van der Waals surface area contributed by atoms with Crippen LogP contribution in [0, 0.1) is 0 Å². The first-order chi connectivity index (χ1) is 11.1. The molecule has 1 rings (SSSR count). The summed E-state index contributed by atoms with van der Waals surface area (Å²) >= 11 is 0. The lowest BCUT2D eigenvalue weighted by atomic mass is 10.1. The molecule has 0 amide bonds. The molecule has 1 aromatic rings. The van der Waals surface area contributed by atoms with Gasteiger partial charge in [-0.3, -0.25) is 4.99 Å². The molecular formula is C19H33IN4. The number of benzene rings is 1. The maximum atomic E-state index is 4.34. The zero-order valence-corrected chi connectivity index (χ0v) is 17.9. The molecule has 136 valence electrons. The molecular weight excluding hydrogens is 411 g/mol. The number of hydrogen-bond donors (Lipinski definition) is 1. The largest absolute Gasteiger partial charge is 0.378 e. The summed E-state index contributed by atoms with van der Waals surface area (Å²) in [6, 6.07) is 8.78. The lowest BCUT2D eigenvalue weighted by molar-refractivity contribution is 0.469. The average molecular weight is 444 g/mol. The molecule has 0 aliphatic carbocycles. The highest BCUT2D eigenvalue weighted by Gasteiger charge is 2.04. The van der Waals surface area contributed by atoms with Crippen molar-refractivity contribution in [3.8, 4) is 0 Å². The monoisotopic (exact) mass is 444 g/mol. The van der Waals surface area contributed by atoms with Crippen LogP contribution in [-0.2, 0) is 6.42 Å². The van der Waals surface area contributed by atoms with Crippen LogP contribution in [0.5, 0.6) is 0 Å². The molecule has 0 aromatic heterocycles. The van der Waals surface area contributed by atoms with Crippen molar-refractivity contribution in [2.75, 3.05) is 46.2 Å². The van der Waals surface area contributed by atoms with Gasteiger partial charge in [0.25, 0.3) is 0 Å². The Balaban J connectivity index is 0.00000529. The molecule has 5 heteroatoms. The van der Waals surface area contributed by atoms with E-state index in [2.05, 4.69) is 72.1 Å². The third kappa shape index (κ3) is 8.57. The summed E-state index contributed by atoms with van der Waals surface area (Å²) in [4.78, 5) is 8.64. The van der Waals surface area contributed by atoms with E-state index in [0.717, 1.165) is 44.7 Å². The Morgan fingerprint density at radius 1 is 1.17 bits per heavy atom. The van der Waals surface area contributed by atoms with Gasteiger partial charge in [0.2, 0.25) is 0 Å². The van der Waals surface area contributed by atoms with E-state index in [1.807, 2.05) is 13.1 Å². The van der Waals surface area contributed by atoms with Crippen LogP contribution in [0.1, 0.15) is 24.8 Å². The third-order valence-electron chi connectivity index (χ3n) is 3.85. The molecule has 0 aliphatic heterocycles. The second-order valence-corrected chi connectivity index (χ2v) is 5.99. The molecule has 0 saturated heterocycles. The predicted octanol–water partition coefficient (Wildman–Crippen LogP) is 3.78. The molecule has 0 spiro atoms. The Kier molecular flexibility index (Phi) is 12.4. The summed E-state index contributed by atoms with van der Waals surface area (Å²) in [6.45, 7) is 5.70. The fourth-order valence-corrected chi connectivity index (χ4v) is 2.42. The zero-order valence-electron chi connectivity index (χ0n) is 15.6. The van der Waals surface area contributed by atoms with E-state index in [-0.39, 0.29) is 24.0 Å². The molecule has 1 N–H and O–H groups in total. The quantitative estimate of drug-likeness (QED) is 0.207. The molecule has 4 nitrogen and oxygen atoms in total. The maximum absolute atomic E-state index is 4.34. The minimum absolute atomic E-state index is 0. The molecule has 0 radical (unpaired) electrons. The van der Waals surface area contributed by atoms with Crippen molar-refractivity contribution < 1.29 is 0 Å². The number of rotatable bonds is 9. The highest BCUT2D eigenvalue weighted by atomic mass is 127. The van der Waals surface area contributed by atoms with E-state index >= 15 is 0 Å². The van der Waals surface area contributed by atoms with Crippen molar-refractivity contribution in [1.29, 1.82) is 0 Å². The topological polar surface area (TPSA) is 30.9 Å². The summed E-state index contributed by atoms with van der Waals surface area (Å²) in [5.74, 6) is 0.969. The minimum atomic E-state index is 0. The number of allylic oxidation sites excluding steroid dienone is 1. The maximum Gasteiger partial charge on any atom is 0.193 e. The van der Waals surface area contributed by atoms with Gasteiger partial charge in [0.1, 0.15) is 0 Å². The van der Waals surface area contributed by atoms with Crippen LogP contribution in [0.2, 0.25) is 0 Å². The van der Waals surface area contributed by atoms with Crippen LogP contribution in [0.15, 0.2) is 41.9 Å². The van der Waals surface area contributed by atoms with E-state index in [1.165, 1.54) is 11.3 Å². The number of anilines is 1. The Morgan fingerprint density at radius 2 is 1.83 bits per heavy atom. The molecule has 0 saturated carbocycles. The summed E-state index contributed by atoms with van der Waals surface area (Å²) in [5.41, 5.74) is 2.63. The molecule has 24 heavy (non-hydrogen) atoms. The van der Waals surface area contributed by atoms with Gasteiger partial charge in [0.15, 0.2) is 5.96 Å². The van der Waals surface area contributed by atoms with Gasteiger partial charge in [0, 0.05) is 47.0 Å². The second-order valence-electron chi connectivity index (χ2n) is 5.99. The van der Waals surface area contributed by atoms with Gasteiger partial charge < -0.3 is 15.1 Å². The van der Waals surface area contributed by atoms with Gasteiger partial charge in [-0.15, -0.1) is 30.6 Å². The number of guanidine groups is 1. The highest BCUT2D eigenvalue weighted by Crippen LogP contribution is 2.13. The number of nitrogens with one attached hydrogen (secondary N) is 1. The smallest absolute Gasteiger partial charge is 0.193 e. The van der Waals surface area contributed by atoms with Gasteiger partial charge >= 0.3 is 0 Å². The first kappa shape index (κ1) is 22.8. The number of aliphatic imine (C=N–C) groups is 1. The van der Waals surface area contributed by atoms with Crippen molar-refractivity contribution in [3.05, 3.63) is 42.5 Å². The van der Waals surface area contributed by atoms with Gasteiger partial charge in [-0.2, -0.15) is 0 Å². The average Bonchev–Trinajstić information content (AvgIpc) is 2.55. The van der Waals surface area contributed by atoms with E-state index in [4.69, 9.17) is 0 Å². The van der Waals surface area contributed by atoms with Gasteiger partial charge in [-0.05, 0) is 43.4 Å². The summed E-state index contributed by atoms with van der Waals surface area (Å²) in [5, 5.41) is 3.44. The molecule has 0 aliphatic rings. The normalized spacial score (nSPS) is 10.8. The van der Waals surface area contributed by atoms with E-state index < -0.39 is 0 Å². The summed E-state index contributed by atoms with van der Waals surface area (Å²) < 4.78 is 0. The predicted molar refractivity (Wildman–Crippen MR) is 118 cm³/mol. The number of aryl methyl sites for hydroxylation is 1. The third-order valence-corrected chi connectivity index (χ3v) is 3.85. The van der Waals surface area contributed by atoms with Crippen molar-refractivity contribution >= 4 is 35.6 Å². The molecule has 0 unspecified atom stereocenters. The van der Waals surface area contributed by atoms with E-state index in [1.54, 1.807) is 0 Å². The lowest BCUT2D eigenvalue weighted by Crippen LogP contribution is -2.39. The van der Waals surface area contributed by atoms with Crippen LogP contribution in [0.25, 0.3) is 0 Å². The fraction of sp³-hybridized carbons (Fsp3) is 0.526. The van der Waals surface area contributed by atoms with Crippen LogP contribution in [0.4, 0.5) is 5.69 Å². The van der Waals surface area contributed by atoms with Crippen LogP contribution in [0.3, 0.4) is 0 Å². The first-order valence-electron chi connectivity index (χ1n) is 8.37. The van der Waals surface area contributed by atoms with Crippen molar-refractivity contribution in [1.82, 2.24) is 10.2 Å². The van der Waals surface area contributed by atoms with Gasteiger partial charge in [-0.25, -0.2) is 0 Å². The van der Waals surface area contributed by atoms with E-state index in [9.17, 15) is 0 Å². The second kappa shape index (κ2) is 13.1. The lowest BCUT2D eigenvalue weighted by Gasteiger charge is -2.21. The van der Waals surface area contributed by atoms with Crippen molar-refractivity contribution in [3.63, 3.8) is 0 Å². The van der Waals surface area contributed by atoms with Crippen molar-refractivity contribution in [2.45, 2.75) is 25.7 Å². The molecule has 0 atom stereocenters. The Morgan fingerprint density at radius 3 is 2.38 bits per heavy atom. The van der Waals surface area contributed by atoms with Crippen LogP contribution >= 0.6 is 24.0 Å². The molecule has 0 fully saturated rings. The van der Waals surface area contributed by atoms with Crippen molar-refractivity contribution in [2.24, 2.45) is 4.99 Å². The summed E-state index contributed by atoms with van der Waals surface area (Å²) in [6.07, 6.45) is 6.30.